The minimum atomic E-state index is -0.535. The molecule has 1 aromatic rings. The van der Waals surface area contributed by atoms with Crippen LogP contribution >= 0.6 is 0 Å². The van der Waals surface area contributed by atoms with Crippen molar-refractivity contribution in [1.82, 2.24) is 5.32 Å². The monoisotopic (exact) mass is 213 g/mol. The highest BCUT2D eigenvalue weighted by atomic mass is 19.1. The number of benzene rings is 1. The minimum Gasteiger partial charge on any atom is -0.489 e. The molecule has 1 N–H and O–H groups in total. The molecule has 0 aromatic heterocycles. The van der Waals surface area contributed by atoms with Crippen LogP contribution in [0.2, 0.25) is 0 Å². The van der Waals surface area contributed by atoms with E-state index in [1.54, 1.807) is 12.1 Å². The molecule has 0 fully saturated rings. The number of halogens is 1. The highest BCUT2D eigenvalue weighted by Crippen LogP contribution is 2.14. The summed E-state index contributed by atoms with van der Waals surface area (Å²) in [6, 6.07) is 6.08. The predicted octanol–water partition coefficient (Wildman–Crippen LogP) is 1.56. The number of para-hydroxylation sites is 1. The third kappa shape index (κ3) is 3.84. The molecule has 0 aliphatic carbocycles. The molecule has 0 spiro atoms. The van der Waals surface area contributed by atoms with Crippen molar-refractivity contribution in [2.75, 3.05) is 20.3 Å². The molecule has 82 valence electrons. The molecule has 1 rings (SSSR count). The Kier molecular flexibility index (Phi) is 4.40. The summed E-state index contributed by atoms with van der Waals surface area (Å²) in [6.07, 6.45) is -0.535. The SMILES string of the molecule is COC(=O)NCCOc1ccccc1F. The number of carbonyl (C=O) groups is 1. The first kappa shape index (κ1) is 11.3. The van der Waals surface area contributed by atoms with Gasteiger partial charge in [0.2, 0.25) is 0 Å². The third-order valence-corrected chi connectivity index (χ3v) is 1.65. The first-order valence-electron chi connectivity index (χ1n) is 4.43. The van der Waals surface area contributed by atoms with E-state index in [0.29, 0.717) is 0 Å². The van der Waals surface area contributed by atoms with E-state index in [9.17, 15) is 9.18 Å². The van der Waals surface area contributed by atoms with E-state index in [1.165, 1.54) is 19.2 Å². The van der Waals surface area contributed by atoms with Crippen LogP contribution in [0.25, 0.3) is 0 Å². The van der Waals surface area contributed by atoms with E-state index in [0.717, 1.165) is 0 Å². The summed E-state index contributed by atoms with van der Waals surface area (Å²) in [7, 11) is 1.27. The van der Waals surface area contributed by atoms with Gasteiger partial charge in [-0.3, -0.25) is 0 Å². The molecular formula is C10H12FNO3. The quantitative estimate of drug-likeness (QED) is 0.772. The Balaban J connectivity index is 2.26. The van der Waals surface area contributed by atoms with E-state index in [-0.39, 0.29) is 18.9 Å². The maximum Gasteiger partial charge on any atom is 0.406 e. The smallest absolute Gasteiger partial charge is 0.406 e. The lowest BCUT2D eigenvalue weighted by Gasteiger charge is -2.07. The summed E-state index contributed by atoms with van der Waals surface area (Å²) < 4.78 is 22.4. The second kappa shape index (κ2) is 5.85. The van der Waals surface area contributed by atoms with Crippen molar-refractivity contribution in [2.45, 2.75) is 0 Å². The Morgan fingerprint density at radius 1 is 1.47 bits per heavy atom. The number of carbonyl (C=O) groups excluding carboxylic acids is 1. The van der Waals surface area contributed by atoms with Crippen LogP contribution in [0.4, 0.5) is 9.18 Å². The normalized spacial score (nSPS) is 9.47. The Hall–Kier alpha value is -1.78. The second-order valence-corrected chi connectivity index (χ2v) is 2.70. The molecule has 4 nitrogen and oxygen atoms in total. The number of ether oxygens (including phenoxy) is 2. The molecule has 0 radical (unpaired) electrons. The summed E-state index contributed by atoms with van der Waals surface area (Å²) in [5.41, 5.74) is 0. The molecular weight excluding hydrogens is 201 g/mol. The van der Waals surface area contributed by atoms with Crippen molar-refractivity contribution >= 4 is 6.09 Å². The number of methoxy groups -OCH3 is 1. The lowest BCUT2D eigenvalue weighted by molar-refractivity contribution is 0.168. The molecule has 15 heavy (non-hydrogen) atoms. The molecule has 0 heterocycles. The van der Waals surface area contributed by atoms with E-state index in [1.807, 2.05) is 0 Å². The van der Waals surface area contributed by atoms with Crippen molar-refractivity contribution in [3.63, 3.8) is 0 Å². The number of alkyl carbamates (subject to hydrolysis) is 1. The van der Waals surface area contributed by atoms with Gasteiger partial charge in [0.05, 0.1) is 13.7 Å². The molecule has 0 unspecified atom stereocenters. The fourth-order valence-electron chi connectivity index (χ4n) is 0.948. The van der Waals surface area contributed by atoms with Crippen molar-refractivity contribution < 1.29 is 18.7 Å². The minimum absolute atomic E-state index is 0.171. The van der Waals surface area contributed by atoms with Crippen LogP contribution in [0.15, 0.2) is 24.3 Å². The Morgan fingerprint density at radius 2 is 2.20 bits per heavy atom. The van der Waals surface area contributed by atoms with Gasteiger partial charge in [-0.25, -0.2) is 9.18 Å². The summed E-state index contributed by atoms with van der Waals surface area (Å²) in [6.45, 7) is 0.455. The highest BCUT2D eigenvalue weighted by Gasteiger charge is 2.01. The molecule has 1 aromatic carbocycles. The van der Waals surface area contributed by atoms with Crippen LogP contribution in [-0.4, -0.2) is 26.4 Å². The van der Waals surface area contributed by atoms with Crippen LogP contribution in [-0.2, 0) is 4.74 Å². The molecule has 0 aliphatic heterocycles. The van der Waals surface area contributed by atoms with Crippen molar-refractivity contribution in [1.29, 1.82) is 0 Å². The lowest BCUT2D eigenvalue weighted by Crippen LogP contribution is -2.27. The summed E-state index contributed by atoms with van der Waals surface area (Å²) in [4.78, 5) is 10.6. The molecule has 5 heteroatoms. The highest BCUT2D eigenvalue weighted by molar-refractivity contribution is 5.66. The van der Waals surface area contributed by atoms with E-state index < -0.39 is 11.9 Å². The fraction of sp³-hybridized carbons (Fsp3) is 0.300. The molecule has 0 bridgehead atoms. The Morgan fingerprint density at radius 3 is 2.87 bits per heavy atom. The van der Waals surface area contributed by atoms with E-state index >= 15 is 0 Å². The van der Waals surface area contributed by atoms with Gasteiger partial charge in [-0.15, -0.1) is 0 Å². The molecule has 0 atom stereocenters. The van der Waals surface area contributed by atoms with E-state index in [2.05, 4.69) is 10.1 Å². The number of amides is 1. The maximum atomic E-state index is 13.0. The maximum absolute atomic E-state index is 13.0. The van der Waals surface area contributed by atoms with Gasteiger partial charge < -0.3 is 14.8 Å². The summed E-state index contributed by atoms with van der Waals surface area (Å²) in [5.74, 6) is -0.250. The van der Waals surface area contributed by atoms with Gasteiger partial charge in [0.15, 0.2) is 11.6 Å². The molecule has 0 saturated heterocycles. The fourth-order valence-corrected chi connectivity index (χ4v) is 0.948. The summed E-state index contributed by atoms with van der Waals surface area (Å²) in [5, 5.41) is 2.41. The first-order valence-corrected chi connectivity index (χ1v) is 4.43. The van der Waals surface area contributed by atoms with Gasteiger partial charge in [-0.1, -0.05) is 12.1 Å². The van der Waals surface area contributed by atoms with Crippen molar-refractivity contribution in [3.05, 3.63) is 30.1 Å². The average molecular weight is 213 g/mol. The first-order chi connectivity index (χ1) is 7.24. The predicted molar refractivity (Wildman–Crippen MR) is 52.3 cm³/mol. The zero-order chi connectivity index (χ0) is 11.1. The van der Waals surface area contributed by atoms with Crippen LogP contribution < -0.4 is 10.1 Å². The topological polar surface area (TPSA) is 47.6 Å². The number of nitrogens with one attached hydrogen (secondary N) is 1. The van der Waals surface area contributed by atoms with Gasteiger partial charge in [0, 0.05) is 0 Å². The van der Waals surface area contributed by atoms with Gasteiger partial charge in [-0.05, 0) is 12.1 Å². The third-order valence-electron chi connectivity index (χ3n) is 1.65. The lowest BCUT2D eigenvalue weighted by atomic mass is 10.3. The molecule has 1 amide bonds. The van der Waals surface area contributed by atoms with Crippen LogP contribution in [0.5, 0.6) is 5.75 Å². The van der Waals surface area contributed by atoms with Crippen LogP contribution in [0.3, 0.4) is 0 Å². The van der Waals surface area contributed by atoms with Gasteiger partial charge in [0.1, 0.15) is 6.61 Å². The Labute approximate surface area is 87.0 Å². The number of rotatable bonds is 4. The average Bonchev–Trinajstić information content (AvgIpc) is 2.26. The van der Waals surface area contributed by atoms with E-state index in [4.69, 9.17) is 4.74 Å². The molecule has 0 aliphatic rings. The van der Waals surface area contributed by atoms with Gasteiger partial charge >= 0.3 is 6.09 Å². The summed E-state index contributed by atoms with van der Waals surface area (Å²) >= 11 is 0. The van der Waals surface area contributed by atoms with Crippen LogP contribution in [0.1, 0.15) is 0 Å². The zero-order valence-electron chi connectivity index (χ0n) is 8.33. The second-order valence-electron chi connectivity index (χ2n) is 2.70. The van der Waals surface area contributed by atoms with Crippen LogP contribution in [0, 0.1) is 5.82 Å². The van der Waals surface area contributed by atoms with Gasteiger partial charge in [0.25, 0.3) is 0 Å². The standard InChI is InChI=1S/C10H12FNO3/c1-14-10(13)12-6-7-15-9-5-3-2-4-8(9)11/h2-5H,6-7H2,1H3,(H,12,13). The zero-order valence-corrected chi connectivity index (χ0v) is 8.33. The van der Waals surface area contributed by atoms with Crippen molar-refractivity contribution in [2.24, 2.45) is 0 Å². The van der Waals surface area contributed by atoms with Crippen molar-refractivity contribution in [3.8, 4) is 5.75 Å². The molecule has 0 saturated carbocycles. The number of hydrogen-bond acceptors (Lipinski definition) is 3. The Bertz CT molecular complexity index is 330. The van der Waals surface area contributed by atoms with Gasteiger partial charge in [-0.2, -0.15) is 0 Å². The largest absolute Gasteiger partial charge is 0.489 e. The number of hydrogen-bond donors (Lipinski definition) is 1.